The Morgan fingerprint density at radius 1 is 0.950 bits per heavy atom. The van der Waals surface area contributed by atoms with Gasteiger partial charge in [-0.3, -0.25) is 0 Å². The van der Waals surface area contributed by atoms with Gasteiger partial charge in [-0.15, -0.1) is 0 Å². The van der Waals surface area contributed by atoms with Crippen molar-refractivity contribution in [3.8, 4) is 22.6 Å². The van der Waals surface area contributed by atoms with Crippen molar-refractivity contribution < 1.29 is 0 Å². The number of benzene rings is 2. The number of hydrogen-bond donors (Lipinski definition) is 2. The van der Waals surface area contributed by atoms with E-state index in [1.54, 1.807) is 6.07 Å². The maximum atomic E-state index is 6.19. The predicted octanol–water partition coefficient (Wildman–Crippen LogP) is 3.17. The molecule has 4 N–H and O–H groups in total. The Labute approximate surface area is 121 Å². The van der Waals surface area contributed by atoms with E-state index < -0.39 is 0 Å². The third-order valence-electron chi connectivity index (χ3n) is 3.11. The fraction of sp³-hybridized carbons (Fsp3) is 0. The van der Waals surface area contributed by atoms with Gasteiger partial charge in [-0.1, -0.05) is 60.1 Å². The zero-order valence-corrected chi connectivity index (χ0v) is 11.4. The molecular weight excluding hydrogens is 272 g/mol. The van der Waals surface area contributed by atoms with Crippen molar-refractivity contribution in [3.63, 3.8) is 0 Å². The fourth-order valence-corrected chi connectivity index (χ4v) is 2.31. The molecule has 3 rings (SSSR count). The van der Waals surface area contributed by atoms with Gasteiger partial charge in [0.25, 0.3) is 0 Å². The second-order valence-electron chi connectivity index (χ2n) is 4.39. The molecule has 0 aliphatic rings. The van der Waals surface area contributed by atoms with Gasteiger partial charge in [0.05, 0.1) is 5.02 Å². The molecule has 0 spiro atoms. The summed E-state index contributed by atoms with van der Waals surface area (Å²) in [5, 5.41) is 0.594. The molecule has 3 aromatic rings. The summed E-state index contributed by atoms with van der Waals surface area (Å²) in [5.41, 5.74) is 8.33. The quantitative estimate of drug-likeness (QED) is 0.710. The van der Waals surface area contributed by atoms with Crippen LogP contribution in [0.4, 0.5) is 5.82 Å². The molecule has 4 nitrogen and oxygen atoms in total. The molecule has 0 bridgehead atoms. The average Bonchev–Trinajstić information content (AvgIpc) is 2.77. The van der Waals surface area contributed by atoms with Crippen LogP contribution in [0.2, 0.25) is 5.02 Å². The number of aromatic nitrogens is 2. The maximum Gasteiger partial charge on any atom is 0.160 e. The Balaban J connectivity index is 2.19. The van der Waals surface area contributed by atoms with E-state index in [0.29, 0.717) is 22.4 Å². The highest BCUT2D eigenvalue weighted by Crippen LogP contribution is 2.33. The SMILES string of the molecule is Nc1c(-c2ccccc2Cl)nc(-c2ccccc2)n1N. The van der Waals surface area contributed by atoms with Crippen LogP contribution >= 0.6 is 11.6 Å². The van der Waals surface area contributed by atoms with Crippen LogP contribution in [0, 0.1) is 0 Å². The fourth-order valence-electron chi connectivity index (χ4n) is 2.09. The van der Waals surface area contributed by atoms with Crippen molar-refractivity contribution in [2.24, 2.45) is 0 Å². The van der Waals surface area contributed by atoms with E-state index in [9.17, 15) is 0 Å². The second-order valence-corrected chi connectivity index (χ2v) is 4.79. The number of nitrogens with two attached hydrogens (primary N) is 2. The van der Waals surface area contributed by atoms with E-state index in [1.165, 1.54) is 4.68 Å². The molecule has 0 saturated carbocycles. The van der Waals surface area contributed by atoms with Gasteiger partial charge in [-0.05, 0) is 6.07 Å². The second kappa shape index (κ2) is 4.90. The number of halogens is 1. The maximum absolute atomic E-state index is 6.19. The van der Waals surface area contributed by atoms with E-state index in [4.69, 9.17) is 23.2 Å². The van der Waals surface area contributed by atoms with Crippen LogP contribution in [0.5, 0.6) is 0 Å². The highest BCUT2D eigenvalue weighted by Gasteiger charge is 2.17. The van der Waals surface area contributed by atoms with Crippen LogP contribution in [0.3, 0.4) is 0 Å². The smallest absolute Gasteiger partial charge is 0.160 e. The molecule has 1 aromatic heterocycles. The highest BCUT2D eigenvalue weighted by atomic mass is 35.5. The van der Waals surface area contributed by atoms with Crippen LogP contribution in [0.15, 0.2) is 54.6 Å². The van der Waals surface area contributed by atoms with Crippen LogP contribution < -0.4 is 11.6 Å². The van der Waals surface area contributed by atoms with Crippen molar-refractivity contribution in [2.45, 2.75) is 0 Å². The molecule has 0 fully saturated rings. The number of imidazole rings is 1. The van der Waals surface area contributed by atoms with E-state index in [1.807, 2.05) is 48.5 Å². The van der Waals surface area contributed by atoms with Crippen LogP contribution in [-0.2, 0) is 0 Å². The van der Waals surface area contributed by atoms with Gasteiger partial charge >= 0.3 is 0 Å². The molecule has 0 saturated heterocycles. The molecule has 5 heteroatoms. The first-order valence-corrected chi connectivity index (χ1v) is 6.50. The van der Waals surface area contributed by atoms with Gasteiger partial charge in [-0.2, -0.15) is 0 Å². The van der Waals surface area contributed by atoms with Gasteiger partial charge in [0.15, 0.2) is 11.6 Å². The normalized spacial score (nSPS) is 10.7. The van der Waals surface area contributed by atoms with Crippen molar-refractivity contribution in [2.75, 3.05) is 11.6 Å². The standard InChI is InChI=1S/C15H13ClN4/c16-12-9-5-4-8-11(12)13-14(17)20(18)15(19-13)10-6-2-1-3-7-10/h1-9H,17-18H2. The third kappa shape index (κ3) is 2.00. The lowest BCUT2D eigenvalue weighted by atomic mass is 10.1. The van der Waals surface area contributed by atoms with Crippen LogP contribution in [0.25, 0.3) is 22.6 Å². The van der Waals surface area contributed by atoms with E-state index in [-0.39, 0.29) is 0 Å². The summed E-state index contributed by atoms with van der Waals surface area (Å²) in [7, 11) is 0. The van der Waals surface area contributed by atoms with E-state index >= 15 is 0 Å². The summed E-state index contributed by atoms with van der Waals surface area (Å²) in [5.74, 6) is 7.00. The largest absolute Gasteiger partial charge is 0.382 e. The van der Waals surface area contributed by atoms with Crippen molar-refractivity contribution >= 4 is 17.4 Å². The number of rotatable bonds is 2. The molecule has 0 amide bonds. The number of nitrogen functional groups attached to an aromatic ring is 2. The Morgan fingerprint density at radius 2 is 1.60 bits per heavy atom. The minimum absolute atomic E-state index is 0.386. The molecule has 0 aliphatic heterocycles. The van der Waals surface area contributed by atoms with Crippen molar-refractivity contribution in [1.29, 1.82) is 0 Å². The minimum Gasteiger partial charge on any atom is -0.382 e. The van der Waals surface area contributed by atoms with Crippen molar-refractivity contribution in [1.82, 2.24) is 9.66 Å². The number of nitrogens with zero attached hydrogens (tertiary/aromatic N) is 2. The van der Waals surface area contributed by atoms with Gasteiger partial charge in [0.1, 0.15) is 5.69 Å². The monoisotopic (exact) mass is 284 g/mol. The lowest BCUT2D eigenvalue weighted by Crippen LogP contribution is -2.13. The molecule has 0 atom stereocenters. The highest BCUT2D eigenvalue weighted by molar-refractivity contribution is 6.33. The van der Waals surface area contributed by atoms with Gasteiger partial charge in [-0.25, -0.2) is 9.66 Å². The van der Waals surface area contributed by atoms with E-state index in [2.05, 4.69) is 4.98 Å². The van der Waals surface area contributed by atoms with Crippen LogP contribution in [-0.4, -0.2) is 9.66 Å². The van der Waals surface area contributed by atoms with E-state index in [0.717, 1.165) is 11.1 Å². The topological polar surface area (TPSA) is 69.9 Å². The minimum atomic E-state index is 0.386. The summed E-state index contributed by atoms with van der Waals surface area (Å²) in [4.78, 5) is 4.54. The molecule has 0 unspecified atom stereocenters. The molecule has 0 aliphatic carbocycles. The third-order valence-corrected chi connectivity index (χ3v) is 3.44. The van der Waals surface area contributed by atoms with Crippen molar-refractivity contribution in [3.05, 3.63) is 59.6 Å². The van der Waals surface area contributed by atoms with Gasteiger partial charge in [0.2, 0.25) is 0 Å². The number of anilines is 1. The molecular formula is C15H13ClN4. The van der Waals surface area contributed by atoms with Gasteiger partial charge < -0.3 is 11.6 Å². The zero-order chi connectivity index (χ0) is 14.1. The summed E-state index contributed by atoms with van der Waals surface area (Å²) in [6.45, 7) is 0. The molecule has 20 heavy (non-hydrogen) atoms. The Kier molecular flexibility index (Phi) is 3.08. The summed E-state index contributed by atoms with van der Waals surface area (Å²) < 4.78 is 1.38. The molecule has 1 heterocycles. The molecule has 0 radical (unpaired) electrons. The Bertz CT molecular complexity index is 750. The van der Waals surface area contributed by atoms with Gasteiger partial charge in [0, 0.05) is 11.1 Å². The first-order chi connectivity index (χ1) is 9.68. The predicted molar refractivity (Wildman–Crippen MR) is 82.7 cm³/mol. The summed E-state index contributed by atoms with van der Waals surface area (Å²) in [6, 6.07) is 17.1. The summed E-state index contributed by atoms with van der Waals surface area (Å²) in [6.07, 6.45) is 0. The summed E-state index contributed by atoms with van der Waals surface area (Å²) >= 11 is 6.19. The Morgan fingerprint density at radius 3 is 2.30 bits per heavy atom. The van der Waals surface area contributed by atoms with Crippen LogP contribution in [0.1, 0.15) is 0 Å². The lowest BCUT2D eigenvalue weighted by Gasteiger charge is -2.02. The number of hydrogen-bond acceptors (Lipinski definition) is 3. The lowest BCUT2D eigenvalue weighted by molar-refractivity contribution is 1.02. The first kappa shape index (κ1) is 12.6. The Hall–Kier alpha value is -2.46. The molecule has 100 valence electrons. The first-order valence-electron chi connectivity index (χ1n) is 6.12. The molecule has 2 aromatic carbocycles. The zero-order valence-electron chi connectivity index (χ0n) is 10.6. The average molecular weight is 285 g/mol.